The Kier molecular flexibility index (Phi) is 13.9. The Hall–Kier alpha value is -0.790. The molecule has 0 rings (SSSR count). The number of nitrogens with zero attached hydrogens (tertiary/aromatic N) is 1. The van der Waals surface area contributed by atoms with E-state index in [2.05, 4.69) is 11.9 Å². The van der Waals surface area contributed by atoms with E-state index in [-0.39, 0.29) is 0 Å². The van der Waals surface area contributed by atoms with Gasteiger partial charge in [-0.15, -0.1) is 0 Å². The van der Waals surface area contributed by atoms with Crippen LogP contribution >= 0.6 is 0 Å². The molecule has 0 aromatic rings. The minimum Gasteiger partial charge on any atom is -0.387 e. The Labute approximate surface area is 70.2 Å². The molecule has 0 aliphatic rings. The molecule has 0 amide bonds. The Balaban J connectivity index is 0. The van der Waals surface area contributed by atoms with Crippen LogP contribution in [0.2, 0.25) is 0 Å². The summed E-state index contributed by atoms with van der Waals surface area (Å²) in [5.74, 6) is 0.718. The van der Waals surface area contributed by atoms with Crippen LogP contribution in [0.25, 0.3) is 0 Å². The van der Waals surface area contributed by atoms with Gasteiger partial charge < -0.3 is 5.73 Å². The van der Waals surface area contributed by atoms with Gasteiger partial charge in [0.15, 0.2) is 0 Å². The van der Waals surface area contributed by atoms with Gasteiger partial charge in [0.1, 0.15) is 0 Å². The summed E-state index contributed by atoms with van der Waals surface area (Å²) in [4.78, 5) is 3.95. The summed E-state index contributed by atoms with van der Waals surface area (Å²) in [6.45, 7) is 8.00. The van der Waals surface area contributed by atoms with E-state index in [4.69, 9.17) is 5.73 Å². The van der Waals surface area contributed by atoms with E-state index in [0.29, 0.717) is 0 Å². The molecule has 2 heteroatoms. The van der Waals surface area contributed by atoms with Crippen molar-refractivity contribution < 1.29 is 0 Å². The van der Waals surface area contributed by atoms with Gasteiger partial charge in [-0.3, -0.25) is 0 Å². The molecular weight excluding hydrogens is 136 g/mol. The number of amidine groups is 1. The maximum Gasteiger partial charge on any atom is 0.0988 e. The Morgan fingerprint density at radius 2 is 2.00 bits per heavy atom. The lowest BCUT2D eigenvalue weighted by Crippen LogP contribution is -2.09. The topological polar surface area (TPSA) is 38.4 Å². The van der Waals surface area contributed by atoms with Crippen molar-refractivity contribution in [1.82, 2.24) is 0 Å². The first-order valence-corrected chi connectivity index (χ1v) is 4.24. The Morgan fingerprint density at radius 1 is 1.45 bits per heavy atom. The second-order valence-electron chi connectivity index (χ2n) is 1.85. The minimum absolute atomic E-state index is 0.718. The number of nitrogens with two attached hydrogens (primary N) is 1. The largest absolute Gasteiger partial charge is 0.387 e. The van der Waals surface area contributed by atoms with Gasteiger partial charge in [0.25, 0.3) is 0 Å². The summed E-state index contributed by atoms with van der Waals surface area (Å²) in [6, 6.07) is 0. The minimum atomic E-state index is 0.718. The molecule has 0 aliphatic heterocycles. The fourth-order valence-corrected chi connectivity index (χ4v) is 0.491. The lowest BCUT2D eigenvalue weighted by atomic mass is 10.3. The van der Waals surface area contributed by atoms with Crippen LogP contribution in [0.3, 0.4) is 0 Å². The van der Waals surface area contributed by atoms with Gasteiger partial charge in [0, 0.05) is 12.6 Å². The van der Waals surface area contributed by atoms with Crippen molar-refractivity contribution in [3.05, 3.63) is 12.3 Å². The first kappa shape index (κ1) is 12.8. The summed E-state index contributed by atoms with van der Waals surface area (Å²) in [5.41, 5.74) is 5.47. The maximum atomic E-state index is 5.47. The quantitative estimate of drug-likeness (QED) is 0.495. The fraction of sp³-hybridized carbons (Fsp3) is 0.667. The van der Waals surface area contributed by atoms with Gasteiger partial charge in [-0.05, 0) is 13.3 Å². The van der Waals surface area contributed by atoms with Crippen molar-refractivity contribution in [3.63, 3.8) is 0 Å². The smallest absolute Gasteiger partial charge is 0.0988 e. The summed E-state index contributed by atoms with van der Waals surface area (Å²) < 4.78 is 0. The second kappa shape index (κ2) is 11.9. The summed E-state index contributed by atoms with van der Waals surface area (Å²) in [6.07, 6.45) is 5.53. The highest BCUT2D eigenvalue weighted by atomic mass is 14.8. The van der Waals surface area contributed by atoms with Gasteiger partial charge in [-0.2, -0.15) is 0 Å². The standard InChI is InChI=1S/C7H14N2.C2H6/c1-3-5-7(8)9-6-4-2;1-2/h4,6H,3,5H2,1-2H3,(H2,8,9);1-2H3/b6-4-;. The van der Waals surface area contributed by atoms with E-state index in [9.17, 15) is 0 Å². The molecule has 66 valence electrons. The zero-order chi connectivity index (χ0) is 9.11. The highest BCUT2D eigenvalue weighted by molar-refractivity contribution is 5.80. The summed E-state index contributed by atoms with van der Waals surface area (Å²) in [5, 5.41) is 0. The van der Waals surface area contributed by atoms with Crippen molar-refractivity contribution in [1.29, 1.82) is 0 Å². The van der Waals surface area contributed by atoms with Crippen molar-refractivity contribution in [2.24, 2.45) is 10.7 Å². The predicted octanol–water partition coefficient (Wildman–Crippen LogP) is 2.70. The first-order chi connectivity index (χ1) is 5.31. The molecule has 0 atom stereocenters. The van der Waals surface area contributed by atoms with Crippen LogP contribution in [0, 0.1) is 0 Å². The number of rotatable bonds is 3. The average Bonchev–Trinajstić information content (AvgIpc) is 2.05. The van der Waals surface area contributed by atoms with Gasteiger partial charge in [-0.25, -0.2) is 4.99 Å². The number of allylic oxidation sites excluding steroid dienone is 1. The summed E-state index contributed by atoms with van der Waals surface area (Å²) in [7, 11) is 0. The number of hydrogen-bond donors (Lipinski definition) is 1. The van der Waals surface area contributed by atoms with Crippen LogP contribution in [0.1, 0.15) is 40.5 Å². The molecule has 0 heterocycles. The van der Waals surface area contributed by atoms with E-state index in [1.807, 2.05) is 26.8 Å². The highest BCUT2D eigenvalue weighted by Gasteiger charge is 1.84. The molecule has 0 aliphatic carbocycles. The molecule has 0 unspecified atom stereocenters. The third-order valence-corrected chi connectivity index (χ3v) is 0.896. The number of hydrogen-bond acceptors (Lipinski definition) is 1. The van der Waals surface area contributed by atoms with Crippen molar-refractivity contribution in [2.75, 3.05) is 0 Å². The van der Waals surface area contributed by atoms with Gasteiger partial charge in [0.2, 0.25) is 0 Å². The zero-order valence-electron chi connectivity index (χ0n) is 8.09. The summed E-state index contributed by atoms with van der Waals surface area (Å²) >= 11 is 0. The Bertz CT molecular complexity index is 115. The second-order valence-corrected chi connectivity index (χ2v) is 1.85. The Morgan fingerprint density at radius 3 is 2.36 bits per heavy atom. The third-order valence-electron chi connectivity index (χ3n) is 0.896. The monoisotopic (exact) mass is 156 g/mol. The molecule has 0 fully saturated rings. The molecule has 0 spiro atoms. The van der Waals surface area contributed by atoms with Gasteiger partial charge in [-0.1, -0.05) is 26.8 Å². The normalized spacial score (nSPS) is 11.1. The molecule has 0 aromatic carbocycles. The maximum absolute atomic E-state index is 5.47. The van der Waals surface area contributed by atoms with Gasteiger partial charge >= 0.3 is 0 Å². The van der Waals surface area contributed by atoms with Crippen LogP contribution in [0.4, 0.5) is 0 Å². The molecule has 0 radical (unpaired) electrons. The van der Waals surface area contributed by atoms with Crippen LogP contribution in [0.15, 0.2) is 17.3 Å². The molecular formula is C9H20N2. The molecule has 0 saturated heterocycles. The lowest BCUT2D eigenvalue weighted by molar-refractivity contribution is 0.982. The van der Waals surface area contributed by atoms with Crippen LogP contribution in [0.5, 0.6) is 0 Å². The zero-order valence-corrected chi connectivity index (χ0v) is 8.09. The predicted molar refractivity (Wildman–Crippen MR) is 52.7 cm³/mol. The van der Waals surface area contributed by atoms with Crippen LogP contribution < -0.4 is 5.73 Å². The van der Waals surface area contributed by atoms with E-state index >= 15 is 0 Å². The SMILES string of the molecule is C/C=C\N=C(N)CCC.CC. The van der Waals surface area contributed by atoms with E-state index in [0.717, 1.165) is 18.7 Å². The lowest BCUT2D eigenvalue weighted by Gasteiger charge is -1.91. The molecule has 0 bridgehead atoms. The fourth-order valence-electron chi connectivity index (χ4n) is 0.491. The molecule has 0 saturated carbocycles. The van der Waals surface area contributed by atoms with Crippen molar-refractivity contribution >= 4 is 5.84 Å². The van der Waals surface area contributed by atoms with E-state index in [1.165, 1.54) is 0 Å². The first-order valence-electron chi connectivity index (χ1n) is 4.24. The molecule has 11 heavy (non-hydrogen) atoms. The number of aliphatic imine (C=N–C) groups is 1. The highest BCUT2D eigenvalue weighted by Crippen LogP contribution is 1.86. The van der Waals surface area contributed by atoms with Crippen molar-refractivity contribution in [3.8, 4) is 0 Å². The van der Waals surface area contributed by atoms with Crippen LogP contribution in [-0.2, 0) is 0 Å². The third kappa shape index (κ3) is 12.4. The van der Waals surface area contributed by atoms with Crippen LogP contribution in [-0.4, -0.2) is 5.84 Å². The molecule has 0 aromatic heterocycles. The van der Waals surface area contributed by atoms with E-state index < -0.39 is 0 Å². The van der Waals surface area contributed by atoms with E-state index in [1.54, 1.807) is 6.20 Å². The van der Waals surface area contributed by atoms with Gasteiger partial charge in [0.05, 0.1) is 5.84 Å². The average molecular weight is 156 g/mol. The molecule has 2 N–H and O–H groups in total. The van der Waals surface area contributed by atoms with Crippen molar-refractivity contribution in [2.45, 2.75) is 40.5 Å². The molecule has 2 nitrogen and oxygen atoms in total.